The molecule has 0 aliphatic rings. The first kappa shape index (κ1) is 23.8. The molecule has 0 spiro atoms. The fourth-order valence-corrected chi connectivity index (χ4v) is 4.88. The van der Waals surface area contributed by atoms with E-state index < -0.39 is 15.9 Å². The molecule has 3 rings (SSSR count). The molecule has 0 bridgehead atoms. The van der Waals surface area contributed by atoms with Gasteiger partial charge < -0.3 is 5.32 Å². The minimum atomic E-state index is -3.99. The molecule has 0 heterocycles. The summed E-state index contributed by atoms with van der Waals surface area (Å²) in [6.45, 7) is 5.84. The zero-order chi connectivity index (χ0) is 23.3. The van der Waals surface area contributed by atoms with E-state index in [1.165, 1.54) is 23.8 Å². The molecule has 2 N–H and O–H groups in total. The van der Waals surface area contributed by atoms with Crippen LogP contribution in [0.5, 0.6) is 0 Å². The first-order chi connectivity index (χ1) is 15.2. The van der Waals surface area contributed by atoms with Gasteiger partial charge in [0, 0.05) is 11.3 Å². The highest BCUT2D eigenvalue weighted by Gasteiger charge is 2.21. The Balaban J connectivity index is 1.81. The summed E-state index contributed by atoms with van der Waals surface area (Å²) < 4.78 is 28.6. The lowest BCUT2D eigenvalue weighted by atomic mass is 10.1. The molecule has 5 nitrogen and oxygen atoms in total. The third kappa shape index (κ3) is 5.90. The Kier molecular flexibility index (Phi) is 7.59. The van der Waals surface area contributed by atoms with Crippen molar-refractivity contribution in [3.63, 3.8) is 0 Å². The highest BCUT2D eigenvalue weighted by Crippen LogP contribution is 2.27. The number of sulfonamides is 1. The molecular formula is C25H27ClN2O3S. The highest BCUT2D eigenvalue weighted by atomic mass is 35.5. The Morgan fingerprint density at radius 3 is 2.38 bits per heavy atom. The summed E-state index contributed by atoms with van der Waals surface area (Å²) in [5.74, 6) is -0.411. The molecule has 3 aromatic carbocycles. The number of hydrogen-bond donors (Lipinski definition) is 2. The van der Waals surface area contributed by atoms with Crippen LogP contribution in [0.15, 0.2) is 65.6 Å². The number of carbonyl (C=O) groups is 1. The molecule has 32 heavy (non-hydrogen) atoms. The minimum absolute atomic E-state index is 0.0413. The lowest BCUT2D eigenvalue weighted by Crippen LogP contribution is -2.17. The van der Waals surface area contributed by atoms with E-state index in [1.807, 2.05) is 50.2 Å². The number of halogens is 1. The van der Waals surface area contributed by atoms with Gasteiger partial charge in [0.05, 0.1) is 10.7 Å². The second kappa shape index (κ2) is 10.2. The lowest BCUT2D eigenvalue weighted by molar-refractivity contribution is 0.102. The van der Waals surface area contributed by atoms with Gasteiger partial charge in [-0.25, -0.2) is 8.42 Å². The number of rotatable bonds is 8. The smallest absolute Gasteiger partial charge is 0.263 e. The molecule has 0 saturated carbocycles. The van der Waals surface area contributed by atoms with Crippen molar-refractivity contribution < 1.29 is 13.2 Å². The van der Waals surface area contributed by atoms with Gasteiger partial charge >= 0.3 is 0 Å². The summed E-state index contributed by atoms with van der Waals surface area (Å²) in [5.41, 5.74) is 4.23. The molecule has 0 aliphatic heterocycles. The van der Waals surface area contributed by atoms with Gasteiger partial charge in [-0.15, -0.1) is 0 Å². The third-order valence-electron chi connectivity index (χ3n) is 5.15. The van der Waals surface area contributed by atoms with Crippen molar-refractivity contribution in [1.82, 2.24) is 0 Å². The topological polar surface area (TPSA) is 75.3 Å². The maximum Gasteiger partial charge on any atom is 0.263 e. The first-order valence-corrected chi connectivity index (χ1v) is 12.4. The first-order valence-electron chi connectivity index (χ1n) is 10.5. The largest absolute Gasteiger partial charge is 0.322 e. The van der Waals surface area contributed by atoms with Gasteiger partial charge in [0.25, 0.3) is 15.9 Å². The standard InChI is InChI=1S/C25H27ClN2O3S/c1-4-5-6-19-9-12-21(13-10-19)27-25(29)20-11-14-22(26)24(16-20)32(30,31)28-23-15-17(2)7-8-18(23)3/h7-16,28H,4-6H2,1-3H3,(H,27,29). The molecule has 0 aromatic heterocycles. The van der Waals surface area contributed by atoms with Crippen LogP contribution in [0.25, 0.3) is 0 Å². The summed E-state index contributed by atoms with van der Waals surface area (Å²) in [4.78, 5) is 12.6. The van der Waals surface area contributed by atoms with Crippen molar-refractivity contribution in [2.24, 2.45) is 0 Å². The summed E-state index contributed by atoms with van der Waals surface area (Å²) in [6.07, 6.45) is 3.24. The molecule has 0 saturated heterocycles. The van der Waals surface area contributed by atoms with Crippen molar-refractivity contribution in [3.05, 3.63) is 87.9 Å². The average Bonchev–Trinajstić information content (AvgIpc) is 2.75. The Morgan fingerprint density at radius 2 is 1.69 bits per heavy atom. The van der Waals surface area contributed by atoms with Crippen LogP contribution in [-0.2, 0) is 16.4 Å². The van der Waals surface area contributed by atoms with Crippen LogP contribution in [0, 0.1) is 13.8 Å². The van der Waals surface area contributed by atoms with Crippen LogP contribution in [0.4, 0.5) is 11.4 Å². The predicted octanol–water partition coefficient (Wildman–Crippen LogP) is 6.35. The SMILES string of the molecule is CCCCc1ccc(NC(=O)c2ccc(Cl)c(S(=O)(=O)Nc3cc(C)ccc3C)c2)cc1. The van der Waals surface area contributed by atoms with E-state index in [9.17, 15) is 13.2 Å². The summed E-state index contributed by atoms with van der Waals surface area (Å²) in [5, 5.41) is 2.85. The van der Waals surface area contributed by atoms with E-state index in [0.29, 0.717) is 11.4 Å². The number of amides is 1. The fourth-order valence-electron chi connectivity index (χ4n) is 3.23. The Bertz CT molecular complexity index is 1220. The zero-order valence-electron chi connectivity index (χ0n) is 18.4. The highest BCUT2D eigenvalue weighted by molar-refractivity contribution is 7.92. The summed E-state index contributed by atoms with van der Waals surface area (Å²) in [6, 6.07) is 17.4. The molecular weight excluding hydrogens is 444 g/mol. The van der Waals surface area contributed by atoms with Gasteiger partial charge in [0.1, 0.15) is 4.90 Å². The van der Waals surface area contributed by atoms with Crippen molar-refractivity contribution in [2.45, 2.75) is 44.9 Å². The van der Waals surface area contributed by atoms with Crippen LogP contribution in [0.3, 0.4) is 0 Å². The van der Waals surface area contributed by atoms with Crippen molar-refractivity contribution >= 4 is 38.9 Å². The summed E-state index contributed by atoms with van der Waals surface area (Å²) >= 11 is 6.19. The second-order valence-electron chi connectivity index (χ2n) is 7.82. The molecule has 0 aliphatic carbocycles. The maximum absolute atomic E-state index is 13.0. The zero-order valence-corrected chi connectivity index (χ0v) is 20.0. The monoisotopic (exact) mass is 470 g/mol. The van der Waals surface area contributed by atoms with Gasteiger partial charge in [0.2, 0.25) is 0 Å². The van der Waals surface area contributed by atoms with Gasteiger partial charge in [-0.1, -0.05) is 49.2 Å². The Labute approximate surface area is 194 Å². The van der Waals surface area contributed by atoms with Gasteiger partial charge in [-0.3, -0.25) is 9.52 Å². The Hall–Kier alpha value is -2.83. The molecule has 168 valence electrons. The number of carbonyl (C=O) groups excluding carboxylic acids is 1. The molecule has 1 amide bonds. The van der Waals surface area contributed by atoms with Crippen molar-refractivity contribution in [2.75, 3.05) is 10.0 Å². The maximum atomic E-state index is 13.0. The van der Waals surface area contributed by atoms with E-state index in [1.54, 1.807) is 6.07 Å². The molecule has 7 heteroatoms. The third-order valence-corrected chi connectivity index (χ3v) is 7.00. The fraction of sp³-hybridized carbons (Fsp3) is 0.240. The quantitative estimate of drug-likeness (QED) is 0.402. The number of unbranched alkanes of at least 4 members (excludes halogenated alkanes) is 1. The van der Waals surface area contributed by atoms with Crippen molar-refractivity contribution in [1.29, 1.82) is 0 Å². The minimum Gasteiger partial charge on any atom is -0.322 e. The molecule has 0 atom stereocenters. The van der Waals surface area contributed by atoms with Gasteiger partial charge in [-0.05, 0) is 79.8 Å². The number of nitrogens with one attached hydrogen (secondary N) is 2. The lowest BCUT2D eigenvalue weighted by Gasteiger charge is -2.13. The molecule has 0 unspecified atom stereocenters. The number of hydrogen-bond acceptors (Lipinski definition) is 3. The van der Waals surface area contributed by atoms with E-state index in [0.717, 1.165) is 30.4 Å². The average molecular weight is 471 g/mol. The van der Waals surface area contributed by atoms with E-state index in [4.69, 9.17) is 11.6 Å². The van der Waals surface area contributed by atoms with E-state index in [-0.39, 0.29) is 15.5 Å². The summed E-state index contributed by atoms with van der Waals surface area (Å²) in [7, 11) is -3.99. The van der Waals surface area contributed by atoms with Crippen LogP contribution in [0.2, 0.25) is 5.02 Å². The van der Waals surface area contributed by atoms with Gasteiger partial charge in [-0.2, -0.15) is 0 Å². The number of benzene rings is 3. The van der Waals surface area contributed by atoms with E-state index >= 15 is 0 Å². The van der Waals surface area contributed by atoms with Crippen LogP contribution < -0.4 is 10.0 Å². The van der Waals surface area contributed by atoms with Crippen LogP contribution >= 0.6 is 11.6 Å². The van der Waals surface area contributed by atoms with E-state index in [2.05, 4.69) is 17.0 Å². The second-order valence-corrected chi connectivity index (χ2v) is 9.88. The van der Waals surface area contributed by atoms with Crippen LogP contribution in [-0.4, -0.2) is 14.3 Å². The van der Waals surface area contributed by atoms with Crippen LogP contribution in [0.1, 0.15) is 46.8 Å². The molecule has 0 fully saturated rings. The normalized spacial score (nSPS) is 11.2. The Morgan fingerprint density at radius 1 is 0.969 bits per heavy atom. The number of aryl methyl sites for hydroxylation is 3. The molecule has 0 radical (unpaired) electrons. The van der Waals surface area contributed by atoms with Crippen molar-refractivity contribution in [3.8, 4) is 0 Å². The van der Waals surface area contributed by atoms with Gasteiger partial charge in [0.15, 0.2) is 0 Å². The molecule has 3 aromatic rings. The number of anilines is 2. The predicted molar refractivity (Wildman–Crippen MR) is 131 cm³/mol.